The molecule has 2 N–H and O–H groups in total. The standard InChI is InChI=1S/C13H20BrNS/c14-11-6-9-16-12(11)10-13(15)7-4-2-1-3-5-8-13/h6,9H,1-5,7-8,10,15H2. The van der Waals surface area contributed by atoms with Crippen molar-refractivity contribution in [1.29, 1.82) is 0 Å². The molecule has 0 aromatic carbocycles. The van der Waals surface area contributed by atoms with Crippen LogP contribution in [0.4, 0.5) is 0 Å². The Hall–Kier alpha value is 0.140. The van der Waals surface area contributed by atoms with Crippen molar-refractivity contribution in [1.82, 2.24) is 0 Å². The summed E-state index contributed by atoms with van der Waals surface area (Å²) in [6.07, 6.45) is 10.2. The predicted molar refractivity (Wildman–Crippen MR) is 75.0 cm³/mol. The minimum absolute atomic E-state index is 0.0494. The van der Waals surface area contributed by atoms with Gasteiger partial charge in [0.25, 0.3) is 0 Å². The van der Waals surface area contributed by atoms with Gasteiger partial charge in [0.2, 0.25) is 0 Å². The molecule has 2 rings (SSSR count). The van der Waals surface area contributed by atoms with Crippen molar-refractivity contribution in [2.24, 2.45) is 5.73 Å². The van der Waals surface area contributed by atoms with Gasteiger partial charge in [0, 0.05) is 21.3 Å². The summed E-state index contributed by atoms with van der Waals surface area (Å²) in [6, 6.07) is 2.13. The van der Waals surface area contributed by atoms with Crippen LogP contribution >= 0.6 is 27.3 Å². The van der Waals surface area contributed by atoms with Crippen LogP contribution in [0, 0.1) is 0 Å². The van der Waals surface area contributed by atoms with Crippen LogP contribution in [-0.2, 0) is 6.42 Å². The summed E-state index contributed by atoms with van der Waals surface area (Å²) in [7, 11) is 0. The number of hydrogen-bond acceptors (Lipinski definition) is 2. The second-order valence-corrected chi connectivity index (χ2v) is 6.85. The first-order valence-electron chi connectivity index (χ1n) is 6.20. The Labute approximate surface area is 111 Å². The maximum atomic E-state index is 6.57. The molecule has 1 aliphatic carbocycles. The molecule has 3 heteroatoms. The number of hydrogen-bond donors (Lipinski definition) is 1. The Morgan fingerprint density at radius 2 is 1.81 bits per heavy atom. The third kappa shape index (κ3) is 3.31. The van der Waals surface area contributed by atoms with Crippen LogP contribution in [0.3, 0.4) is 0 Å². The van der Waals surface area contributed by atoms with Crippen molar-refractivity contribution in [3.05, 3.63) is 20.8 Å². The molecule has 0 atom stereocenters. The van der Waals surface area contributed by atoms with E-state index in [1.807, 2.05) is 11.3 Å². The summed E-state index contributed by atoms with van der Waals surface area (Å²) in [5.74, 6) is 0. The molecule has 1 aromatic heterocycles. The van der Waals surface area contributed by atoms with Gasteiger partial charge in [0.15, 0.2) is 0 Å². The molecular formula is C13H20BrNS. The maximum Gasteiger partial charge on any atom is 0.0315 e. The van der Waals surface area contributed by atoms with Crippen molar-refractivity contribution in [3.63, 3.8) is 0 Å². The fraction of sp³-hybridized carbons (Fsp3) is 0.692. The van der Waals surface area contributed by atoms with Crippen molar-refractivity contribution < 1.29 is 0 Å². The van der Waals surface area contributed by atoms with E-state index in [-0.39, 0.29) is 5.54 Å². The first-order chi connectivity index (χ1) is 7.70. The Morgan fingerprint density at radius 3 is 2.38 bits per heavy atom. The number of rotatable bonds is 2. The minimum atomic E-state index is 0.0494. The van der Waals surface area contributed by atoms with Crippen LogP contribution in [0.1, 0.15) is 49.8 Å². The molecular weight excluding hydrogens is 282 g/mol. The first-order valence-corrected chi connectivity index (χ1v) is 7.88. The normalized spacial score (nSPS) is 21.4. The van der Waals surface area contributed by atoms with E-state index in [1.165, 1.54) is 54.3 Å². The molecule has 0 saturated heterocycles. The second-order valence-electron chi connectivity index (χ2n) is 5.00. The smallest absolute Gasteiger partial charge is 0.0315 e. The Kier molecular flexibility index (Phi) is 4.45. The molecule has 0 spiro atoms. The SMILES string of the molecule is NC1(Cc2sccc2Br)CCCCCCC1. The topological polar surface area (TPSA) is 26.0 Å². The van der Waals surface area contributed by atoms with Gasteiger partial charge in [0.05, 0.1) is 0 Å². The molecule has 1 aromatic rings. The summed E-state index contributed by atoms with van der Waals surface area (Å²) in [6.45, 7) is 0. The molecule has 90 valence electrons. The Bertz CT molecular complexity index is 326. The van der Waals surface area contributed by atoms with Crippen LogP contribution < -0.4 is 5.73 Å². The minimum Gasteiger partial charge on any atom is -0.325 e. The molecule has 1 saturated carbocycles. The number of halogens is 1. The highest BCUT2D eigenvalue weighted by Crippen LogP contribution is 2.32. The molecule has 1 nitrogen and oxygen atoms in total. The lowest BCUT2D eigenvalue weighted by Gasteiger charge is -2.31. The van der Waals surface area contributed by atoms with Crippen LogP contribution in [-0.4, -0.2) is 5.54 Å². The molecule has 1 fully saturated rings. The Morgan fingerprint density at radius 1 is 1.19 bits per heavy atom. The zero-order valence-corrected chi connectivity index (χ0v) is 12.1. The average Bonchev–Trinajstić information content (AvgIpc) is 2.59. The molecule has 0 unspecified atom stereocenters. The molecule has 0 radical (unpaired) electrons. The van der Waals surface area contributed by atoms with Gasteiger partial charge < -0.3 is 5.73 Å². The zero-order chi connectivity index (χ0) is 11.4. The summed E-state index contributed by atoms with van der Waals surface area (Å²) in [5, 5.41) is 2.14. The van der Waals surface area contributed by atoms with Crippen molar-refractivity contribution in [3.8, 4) is 0 Å². The summed E-state index contributed by atoms with van der Waals surface area (Å²) < 4.78 is 1.24. The van der Waals surface area contributed by atoms with Gasteiger partial charge in [-0.25, -0.2) is 0 Å². The third-order valence-electron chi connectivity index (χ3n) is 3.55. The van der Waals surface area contributed by atoms with Crippen LogP contribution in [0.5, 0.6) is 0 Å². The molecule has 1 heterocycles. The van der Waals surface area contributed by atoms with Crippen LogP contribution in [0.15, 0.2) is 15.9 Å². The van der Waals surface area contributed by atoms with E-state index in [0.717, 1.165) is 6.42 Å². The van der Waals surface area contributed by atoms with E-state index in [2.05, 4.69) is 27.4 Å². The highest BCUT2D eigenvalue weighted by atomic mass is 79.9. The van der Waals surface area contributed by atoms with Crippen LogP contribution in [0.25, 0.3) is 0 Å². The van der Waals surface area contributed by atoms with Crippen molar-refractivity contribution in [2.45, 2.75) is 56.9 Å². The van der Waals surface area contributed by atoms with Gasteiger partial charge in [-0.1, -0.05) is 32.1 Å². The van der Waals surface area contributed by atoms with Gasteiger partial charge in [-0.2, -0.15) is 0 Å². The highest BCUT2D eigenvalue weighted by molar-refractivity contribution is 9.10. The molecule has 0 amide bonds. The monoisotopic (exact) mass is 301 g/mol. The lowest BCUT2D eigenvalue weighted by molar-refractivity contribution is 0.316. The summed E-state index contributed by atoms with van der Waals surface area (Å²) in [5.41, 5.74) is 6.62. The average molecular weight is 302 g/mol. The maximum absolute atomic E-state index is 6.57. The zero-order valence-electron chi connectivity index (χ0n) is 9.68. The lowest BCUT2D eigenvalue weighted by atomic mass is 9.82. The van der Waals surface area contributed by atoms with E-state index >= 15 is 0 Å². The molecule has 0 aliphatic heterocycles. The summed E-state index contributed by atoms with van der Waals surface area (Å²) >= 11 is 5.43. The lowest BCUT2D eigenvalue weighted by Crippen LogP contribution is -2.42. The van der Waals surface area contributed by atoms with Gasteiger partial charge >= 0.3 is 0 Å². The van der Waals surface area contributed by atoms with E-state index in [4.69, 9.17) is 5.73 Å². The number of thiophene rings is 1. The third-order valence-corrected chi connectivity index (χ3v) is 5.48. The van der Waals surface area contributed by atoms with Crippen LogP contribution in [0.2, 0.25) is 0 Å². The fourth-order valence-electron chi connectivity index (χ4n) is 2.56. The quantitative estimate of drug-likeness (QED) is 0.855. The second kappa shape index (κ2) is 5.65. The first kappa shape index (κ1) is 12.6. The van der Waals surface area contributed by atoms with E-state index in [9.17, 15) is 0 Å². The fourth-order valence-corrected chi connectivity index (χ4v) is 4.20. The predicted octanol–water partition coefficient (Wildman–Crippen LogP) is 4.49. The van der Waals surface area contributed by atoms with Gasteiger partial charge in [-0.3, -0.25) is 0 Å². The van der Waals surface area contributed by atoms with Gasteiger partial charge in [-0.05, 0) is 40.2 Å². The molecule has 16 heavy (non-hydrogen) atoms. The molecule has 1 aliphatic rings. The van der Waals surface area contributed by atoms with E-state index in [1.54, 1.807) is 0 Å². The summed E-state index contributed by atoms with van der Waals surface area (Å²) in [4.78, 5) is 1.42. The highest BCUT2D eigenvalue weighted by Gasteiger charge is 2.26. The van der Waals surface area contributed by atoms with Gasteiger partial charge in [-0.15, -0.1) is 11.3 Å². The van der Waals surface area contributed by atoms with Crippen molar-refractivity contribution in [2.75, 3.05) is 0 Å². The van der Waals surface area contributed by atoms with E-state index < -0.39 is 0 Å². The largest absolute Gasteiger partial charge is 0.325 e. The van der Waals surface area contributed by atoms with E-state index in [0.29, 0.717) is 0 Å². The number of nitrogens with two attached hydrogens (primary N) is 1. The Balaban J connectivity index is 2.02. The van der Waals surface area contributed by atoms with Gasteiger partial charge in [0.1, 0.15) is 0 Å². The molecule has 0 bridgehead atoms. The van der Waals surface area contributed by atoms with Crippen molar-refractivity contribution >= 4 is 27.3 Å².